The monoisotopic (exact) mass is 535 g/mol. The molecule has 0 bridgehead atoms. The molecule has 4 aliphatic rings. The van der Waals surface area contributed by atoms with Gasteiger partial charge in [-0.1, -0.05) is 18.2 Å². The van der Waals surface area contributed by atoms with Gasteiger partial charge >= 0.3 is 0 Å². The number of hydrogen-bond acceptors (Lipinski definition) is 6. The van der Waals surface area contributed by atoms with Crippen LogP contribution in [0.1, 0.15) is 36.1 Å². The van der Waals surface area contributed by atoms with E-state index in [2.05, 4.69) is 35.3 Å². The third kappa shape index (κ3) is 4.48. The fourth-order valence-corrected chi connectivity index (χ4v) is 7.45. The standard InChI is InChI=1S/C30H38ClN5O2/c1-4-27(38)36-18-30(19-36)10-13-35(17-30)29-20(2)28(24-14-22(37)7-8-25(24)31)23-9-12-34(16-26(23)32-29)21-6-5-11-33(3)15-21/h4,7-8,14,21,37H,1,5-6,9-13,15-19H2,2-3H3/t21-/m0/s1. The van der Waals surface area contributed by atoms with Crippen LogP contribution < -0.4 is 4.90 Å². The van der Waals surface area contributed by atoms with Crippen molar-refractivity contribution in [2.75, 3.05) is 57.8 Å². The molecule has 1 amide bonds. The molecular weight excluding hydrogens is 498 g/mol. The molecule has 3 saturated heterocycles. The normalized spacial score (nSPS) is 23.4. The van der Waals surface area contributed by atoms with Crippen molar-refractivity contribution in [3.8, 4) is 16.9 Å². The lowest BCUT2D eigenvalue weighted by Gasteiger charge is -2.47. The summed E-state index contributed by atoms with van der Waals surface area (Å²) in [6, 6.07) is 5.79. The van der Waals surface area contributed by atoms with E-state index >= 15 is 0 Å². The Morgan fingerprint density at radius 1 is 1.24 bits per heavy atom. The van der Waals surface area contributed by atoms with E-state index < -0.39 is 0 Å². The van der Waals surface area contributed by atoms with Crippen LogP contribution in [0.3, 0.4) is 0 Å². The lowest BCUT2D eigenvalue weighted by atomic mass is 9.79. The van der Waals surface area contributed by atoms with E-state index in [1.807, 2.05) is 4.90 Å². The summed E-state index contributed by atoms with van der Waals surface area (Å²) in [5, 5.41) is 11.0. The molecule has 8 heteroatoms. The van der Waals surface area contributed by atoms with Gasteiger partial charge in [0.15, 0.2) is 0 Å². The fraction of sp³-hybridized carbons (Fsp3) is 0.533. The predicted octanol–water partition coefficient (Wildman–Crippen LogP) is 4.09. The van der Waals surface area contributed by atoms with Crippen LogP contribution in [0.15, 0.2) is 30.9 Å². The summed E-state index contributed by atoms with van der Waals surface area (Å²) in [7, 11) is 2.22. The zero-order valence-corrected chi connectivity index (χ0v) is 23.3. The maximum atomic E-state index is 12.1. The summed E-state index contributed by atoms with van der Waals surface area (Å²) in [4.78, 5) is 26.8. The Labute approximate surface area is 230 Å². The number of aromatic nitrogens is 1. The number of carbonyl (C=O) groups is 1. The summed E-state index contributed by atoms with van der Waals surface area (Å²) in [5.74, 6) is 1.26. The number of carbonyl (C=O) groups excluding carboxylic acids is 1. The lowest BCUT2D eigenvalue weighted by molar-refractivity contribution is -0.136. The molecule has 1 atom stereocenters. The van der Waals surface area contributed by atoms with E-state index in [1.54, 1.807) is 18.2 Å². The first-order valence-corrected chi connectivity index (χ1v) is 14.2. The van der Waals surface area contributed by atoms with Crippen molar-refractivity contribution in [1.82, 2.24) is 19.7 Å². The van der Waals surface area contributed by atoms with Gasteiger partial charge in [-0.05, 0) is 87.2 Å². The number of likely N-dealkylation sites (N-methyl/N-ethyl adjacent to an activating group) is 1. The molecule has 1 aromatic heterocycles. The molecule has 0 aliphatic carbocycles. The predicted molar refractivity (Wildman–Crippen MR) is 152 cm³/mol. The SMILES string of the molecule is C=CC(=O)N1CC2(CCN(c3nc4c(c(-c5cc(O)ccc5Cl)c3C)CCN([C@H]3CCCN(C)C3)C4)C2)C1. The van der Waals surface area contributed by atoms with Gasteiger partial charge in [-0.25, -0.2) is 4.98 Å². The second kappa shape index (κ2) is 9.85. The second-order valence-corrected chi connectivity index (χ2v) is 12.3. The van der Waals surface area contributed by atoms with Crippen LogP contribution in [0.5, 0.6) is 5.75 Å². The second-order valence-electron chi connectivity index (χ2n) is 11.9. The summed E-state index contributed by atoms with van der Waals surface area (Å²) in [5.41, 5.74) is 5.67. The Kier molecular flexibility index (Phi) is 6.65. The Balaban J connectivity index is 1.36. The number of piperidine rings is 1. The van der Waals surface area contributed by atoms with Gasteiger partial charge < -0.3 is 19.8 Å². The Bertz CT molecular complexity index is 1270. The third-order valence-corrected chi connectivity index (χ3v) is 9.54. The first-order valence-electron chi connectivity index (χ1n) is 13.9. The van der Waals surface area contributed by atoms with Gasteiger partial charge in [0.1, 0.15) is 11.6 Å². The highest BCUT2D eigenvalue weighted by Gasteiger charge is 2.49. The topological polar surface area (TPSA) is 63.2 Å². The van der Waals surface area contributed by atoms with Gasteiger partial charge in [0, 0.05) is 67.9 Å². The minimum atomic E-state index is 0.0198. The zero-order chi connectivity index (χ0) is 26.6. The molecule has 2 aromatic rings. The molecule has 0 unspecified atom stereocenters. The number of phenols is 1. The van der Waals surface area contributed by atoms with Gasteiger partial charge in [-0.2, -0.15) is 0 Å². The average molecular weight is 536 g/mol. The summed E-state index contributed by atoms with van der Waals surface area (Å²) in [6.07, 6.45) is 5.86. The molecule has 1 spiro atoms. The van der Waals surface area contributed by atoms with Crippen molar-refractivity contribution in [3.05, 3.63) is 52.7 Å². The van der Waals surface area contributed by atoms with E-state index in [1.165, 1.54) is 31.0 Å². The largest absolute Gasteiger partial charge is 0.508 e. The number of anilines is 1. The van der Waals surface area contributed by atoms with Crippen LogP contribution >= 0.6 is 11.6 Å². The highest BCUT2D eigenvalue weighted by Crippen LogP contribution is 2.45. The average Bonchev–Trinajstić information content (AvgIpc) is 3.34. The number of likely N-dealkylation sites (tertiary alicyclic amines) is 2. The quantitative estimate of drug-likeness (QED) is 0.595. The van der Waals surface area contributed by atoms with Gasteiger partial charge in [0.25, 0.3) is 0 Å². The molecule has 1 aromatic carbocycles. The third-order valence-electron chi connectivity index (χ3n) is 9.22. The van der Waals surface area contributed by atoms with Crippen LogP contribution in [0.25, 0.3) is 11.1 Å². The Morgan fingerprint density at radius 3 is 2.82 bits per heavy atom. The molecule has 202 valence electrons. The molecule has 5 heterocycles. The molecule has 7 nitrogen and oxygen atoms in total. The summed E-state index contributed by atoms with van der Waals surface area (Å²) >= 11 is 6.75. The zero-order valence-electron chi connectivity index (χ0n) is 22.5. The number of amides is 1. The smallest absolute Gasteiger partial charge is 0.245 e. The van der Waals surface area contributed by atoms with E-state index in [9.17, 15) is 9.90 Å². The number of phenolic OH excluding ortho intramolecular Hbond substituents is 1. The van der Waals surface area contributed by atoms with Crippen LogP contribution in [-0.2, 0) is 17.8 Å². The van der Waals surface area contributed by atoms with Crippen molar-refractivity contribution in [2.24, 2.45) is 5.41 Å². The highest BCUT2D eigenvalue weighted by molar-refractivity contribution is 6.33. The van der Waals surface area contributed by atoms with Crippen molar-refractivity contribution < 1.29 is 9.90 Å². The number of nitrogens with zero attached hydrogens (tertiary/aromatic N) is 5. The van der Waals surface area contributed by atoms with E-state index in [0.29, 0.717) is 11.1 Å². The molecule has 0 radical (unpaired) electrons. The van der Waals surface area contributed by atoms with Crippen molar-refractivity contribution in [2.45, 2.75) is 45.2 Å². The maximum Gasteiger partial charge on any atom is 0.245 e. The number of benzene rings is 1. The molecular formula is C30H38ClN5O2. The number of halogens is 1. The first-order chi connectivity index (χ1) is 18.3. The van der Waals surface area contributed by atoms with E-state index in [0.717, 1.165) is 86.9 Å². The number of hydrogen-bond donors (Lipinski definition) is 1. The Hall–Kier alpha value is -2.61. The van der Waals surface area contributed by atoms with Crippen LogP contribution in [0.4, 0.5) is 5.82 Å². The lowest BCUT2D eigenvalue weighted by Crippen LogP contribution is -2.59. The molecule has 1 N–H and O–H groups in total. The number of fused-ring (bicyclic) bond motifs is 1. The van der Waals surface area contributed by atoms with Crippen molar-refractivity contribution in [3.63, 3.8) is 0 Å². The highest BCUT2D eigenvalue weighted by atomic mass is 35.5. The molecule has 38 heavy (non-hydrogen) atoms. The number of pyridine rings is 1. The Morgan fingerprint density at radius 2 is 2.05 bits per heavy atom. The summed E-state index contributed by atoms with van der Waals surface area (Å²) in [6.45, 7) is 13.3. The number of rotatable bonds is 4. The van der Waals surface area contributed by atoms with E-state index in [-0.39, 0.29) is 17.1 Å². The van der Waals surface area contributed by atoms with Crippen molar-refractivity contribution in [1.29, 1.82) is 0 Å². The maximum absolute atomic E-state index is 12.1. The van der Waals surface area contributed by atoms with E-state index in [4.69, 9.17) is 16.6 Å². The minimum absolute atomic E-state index is 0.0198. The first kappa shape index (κ1) is 25.7. The molecule has 4 aliphatic heterocycles. The minimum Gasteiger partial charge on any atom is -0.508 e. The van der Waals surface area contributed by atoms with Gasteiger partial charge in [0.2, 0.25) is 5.91 Å². The molecule has 0 saturated carbocycles. The molecule has 3 fully saturated rings. The van der Waals surface area contributed by atoms with Crippen LogP contribution in [0, 0.1) is 12.3 Å². The van der Waals surface area contributed by atoms with Gasteiger partial charge in [-0.15, -0.1) is 0 Å². The number of aromatic hydroxyl groups is 1. The molecule has 6 rings (SSSR count). The summed E-state index contributed by atoms with van der Waals surface area (Å²) < 4.78 is 0. The van der Waals surface area contributed by atoms with Crippen molar-refractivity contribution >= 4 is 23.3 Å². The van der Waals surface area contributed by atoms with Gasteiger partial charge in [0.05, 0.1) is 5.69 Å². The van der Waals surface area contributed by atoms with Crippen LogP contribution in [-0.4, -0.2) is 89.6 Å². The fourth-order valence-electron chi connectivity index (χ4n) is 7.24. The van der Waals surface area contributed by atoms with Gasteiger partial charge in [-0.3, -0.25) is 9.69 Å². The van der Waals surface area contributed by atoms with Crippen LogP contribution in [0.2, 0.25) is 5.02 Å².